The van der Waals surface area contributed by atoms with E-state index in [0.29, 0.717) is 10.9 Å². The van der Waals surface area contributed by atoms with Crippen molar-refractivity contribution in [3.8, 4) is 0 Å². The Bertz CT molecular complexity index is 836. The number of hydrogen-bond donors (Lipinski definition) is 3. The average molecular weight is 259 g/mol. The van der Waals surface area contributed by atoms with Crippen LogP contribution in [0.25, 0.3) is 16.6 Å². The van der Waals surface area contributed by atoms with Gasteiger partial charge in [0, 0.05) is 23.8 Å². The molecule has 0 unspecified atom stereocenters. The topological polar surface area (TPSA) is 108 Å². The summed E-state index contributed by atoms with van der Waals surface area (Å²) in [4.78, 5) is 19.4. The second-order valence-electron chi connectivity index (χ2n) is 4.06. The number of pyridine rings is 2. The van der Waals surface area contributed by atoms with Crippen LogP contribution in [0.2, 0.25) is 0 Å². The lowest BCUT2D eigenvalue weighted by molar-refractivity contribution is -0.326. The Labute approximate surface area is 106 Å². The SMILES string of the molecule is O=c1cc(C(O)(O)O)n2ccc3ncccc3c2n1. The summed E-state index contributed by atoms with van der Waals surface area (Å²) in [6, 6.07) is 5.84. The maximum atomic E-state index is 11.5. The third-order valence-electron chi connectivity index (χ3n) is 2.77. The maximum absolute atomic E-state index is 11.5. The van der Waals surface area contributed by atoms with E-state index in [2.05, 4.69) is 9.97 Å². The van der Waals surface area contributed by atoms with E-state index >= 15 is 0 Å². The fourth-order valence-corrected chi connectivity index (χ4v) is 1.97. The van der Waals surface area contributed by atoms with E-state index in [0.717, 1.165) is 6.07 Å². The lowest BCUT2D eigenvalue weighted by Crippen LogP contribution is -2.29. The van der Waals surface area contributed by atoms with Crippen molar-refractivity contribution in [2.75, 3.05) is 0 Å². The number of aliphatic hydroxyl groups is 3. The zero-order valence-corrected chi connectivity index (χ0v) is 9.56. The zero-order chi connectivity index (χ0) is 13.6. The molecule has 0 radical (unpaired) electrons. The van der Waals surface area contributed by atoms with Gasteiger partial charge in [-0.15, -0.1) is 0 Å². The van der Waals surface area contributed by atoms with Crippen LogP contribution >= 0.6 is 0 Å². The summed E-state index contributed by atoms with van der Waals surface area (Å²) >= 11 is 0. The molecule has 7 nitrogen and oxygen atoms in total. The van der Waals surface area contributed by atoms with E-state index in [1.54, 1.807) is 24.4 Å². The number of fused-ring (bicyclic) bond motifs is 3. The highest BCUT2D eigenvalue weighted by molar-refractivity contribution is 5.90. The quantitative estimate of drug-likeness (QED) is 0.395. The normalized spacial score (nSPS) is 12.2. The summed E-state index contributed by atoms with van der Waals surface area (Å²) < 4.78 is 1.23. The largest absolute Gasteiger partial charge is 0.339 e. The van der Waals surface area contributed by atoms with Crippen molar-refractivity contribution >= 4 is 16.6 Å². The molecule has 3 aromatic rings. The molecule has 96 valence electrons. The minimum Gasteiger partial charge on any atom is -0.339 e. The Kier molecular flexibility index (Phi) is 2.36. The van der Waals surface area contributed by atoms with Gasteiger partial charge in [-0.3, -0.25) is 14.2 Å². The van der Waals surface area contributed by atoms with Gasteiger partial charge in [0.25, 0.3) is 5.56 Å². The smallest absolute Gasteiger partial charge is 0.320 e. The van der Waals surface area contributed by atoms with Crippen molar-refractivity contribution in [1.29, 1.82) is 0 Å². The molecule has 0 aliphatic heterocycles. The van der Waals surface area contributed by atoms with Crippen molar-refractivity contribution in [2.24, 2.45) is 0 Å². The van der Waals surface area contributed by atoms with Gasteiger partial charge in [-0.1, -0.05) is 0 Å². The van der Waals surface area contributed by atoms with Crippen molar-refractivity contribution in [3.05, 3.63) is 52.7 Å². The van der Waals surface area contributed by atoms with E-state index in [9.17, 15) is 20.1 Å². The van der Waals surface area contributed by atoms with Gasteiger partial charge in [-0.25, -0.2) is 0 Å². The van der Waals surface area contributed by atoms with Crippen LogP contribution in [0.3, 0.4) is 0 Å². The predicted molar refractivity (Wildman–Crippen MR) is 65.1 cm³/mol. The Hall–Kier alpha value is -2.35. The van der Waals surface area contributed by atoms with E-state index in [1.165, 1.54) is 10.6 Å². The van der Waals surface area contributed by atoms with Crippen LogP contribution in [-0.2, 0) is 5.97 Å². The molecule has 0 amide bonds. The first-order chi connectivity index (χ1) is 8.97. The van der Waals surface area contributed by atoms with Gasteiger partial charge in [-0.2, -0.15) is 4.98 Å². The molecule has 3 N–H and O–H groups in total. The van der Waals surface area contributed by atoms with E-state index in [-0.39, 0.29) is 11.3 Å². The summed E-state index contributed by atoms with van der Waals surface area (Å²) in [5.41, 5.74) is -0.276. The van der Waals surface area contributed by atoms with Gasteiger partial charge in [0.2, 0.25) is 0 Å². The Morgan fingerprint density at radius 2 is 2.00 bits per heavy atom. The minimum absolute atomic E-state index is 0.189. The molecule has 0 saturated carbocycles. The van der Waals surface area contributed by atoms with Crippen LogP contribution in [0.1, 0.15) is 5.69 Å². The lowest BCUT2D eigenvalue weighted by atomic mass is 10.2. The van der Waals surface area contributed by atoms with Crippen LogP contribution in [0.4, 0.5) is 0 Å². The van der Waals surface area contributed by atoms with E-state index < -0.39 is 11.5 Å². The van der Waals surface area contributed by atoms with Crippen LogP contribution in [-0.4, -0.2) is 29.7 Å². The monoisotopic (exact) mass is 259 g/mol. The fourth-order valence-electron chi connectivity index (χ4n) is 1.97. The molecule has 0 saturated heterocycles. The summed E-state index contributed by atoms with van der Waals surface area (Å²) in [7, 11) is 0. The van der Waals surface area contributed by atoms with Crippen molar-refractivity contribution < 1.29 is 15.3 Å². The Balaban J connectivity index is 2.55. The van der Waals surface area contributed by atoms with E-state index in [1.807, 2.05) is 0 Å². The summed E-state index contributed by atoms with van der Waals surface area (Å²) in [6.07, 6.45) is 3.04. The highest BCUT2D eigenvalue weighted by Crippen LogP contribution is 2.19. The zero-order valence-electron chi connectivity index (χ0n) is 9.56. The molecular weight excluding hydrogens is 250 g/mol. The fraction of sp³-hybridized carbons (Fsp3) is 0.0833. The van der Waals surface area contributed by atoms with Gasteiger partial charge < -0.3 is 15.3 Å². The maximum Gasteiger partial charge on any atom is 0.320 e. The first kappa shape index (κ1) is 11.7. The number of aromatic nitrogens is 3. The molecule has 0 fully saturated rings. The molecule has 3 rings (SSSR count). The molecule has 0 bridgehead atoms. The van der Waals surface area contributed by atoms with Crippen LogP contribution in [0, 0.1) is 0 Å². The first-order valence-electron chi connectivity index (χ1n) is 5.41. The second-order valence-corrected chi connectivity index (χ2v) is 4.06. The molecule has 0 aliphatic rings. The van der Waals surface area contributed by atoms with Crippen molar-refractivity contribution in [2.45, 2.75) is 5.97 Å². The highest BCUT2D eigenvalue weighted by Gasteiger charge is 2.26. The van der Waals surface area contributed by atoms with Gasteiger partial charge in [0.05, 0.1) is 5.52 Å². The molecule has 0 atom stereocenters. The molecular formula is C12H9N3O4. The first-order valence-corrected chi connectivity index (χ1v) is 5.41. The van der Waals surface area contributed by atoms with Crippen LogP contribution in [0.5, 0.6) is 0 Å². The standard InChI is InChI=1S/C12H9N3O4/c16-10-6-9(12(17,18)19)15-5-3-8-7(11(15)14-10)2-1-4-13-8/h1-6,17-19H. The number of rotatable bonds is 1. The van der Waals surface area contributed by atoms with Gasteiger partial charge in [0.1, 0.15) is 5.69 Å². The minimum atomic E-state index is -3.12. The molecule has 3 heterocycles. The average Bonchev–Trinajstić information content (AvgIpc) is 2.36. The Morgan fingerprint density at radius 1 is 1.21 bits per heavy atom. The molecule has 0 aliphatic carbocycles. The molecule has 7 heteroatoms. The number of nitrogens with zero attached hydrogens (tertiary/aromatic N) is 3. The van der Waals surface area contributed by atoms with Gasteiger partial charge in [-0.05, 0) is 18.2 Å². The van der Waals surface area contributed by atoms with Crippen molar-refractivity contribution in [3.63, 3.8) is 0 Å². The number of hydrogen-bond acceptors (Lipinski definition) is 6. The molecule has 19 heavy (non-hydrogen) atoms. The molecule has 3 aromatic heterocycles. The van der Waals surface area contributed by atoms with E-state index in [4.69, 9.17) is 0 Å². The molecule has 0 aromatic carbocycles. The highest BCUT2D eigenvalue weighted by atomic mass is 16.7. The third-order valence-corrected chi connectivity index (χ3v) is 2.77. The van der Waals surface area contributed by atoms with Crippen molar-refractivity contribution in [1.82, 2.24) is 14.4 Å². The van der Waals surface area contributed by atoms with Crippen LogP contribution in [0.15, 0.2) is 41.5 Å². The third kappa shape index (κ3) is 1.85. The van der Waals surface area contributed by atoms with Gasteiger partial charge >= 0.3 is 5.97 Å². The predicted octanol–water partition coefficient (Wildman–Crippen LogP) is -0.670. The molecule has 0 spiro atoms. The second kappa shape index (κ2) is 3.82. The summed E-state index contributed by atoms with van der Waals surface area (Å²) in [5, 5.41) is 28.4. The summed E-state index contributed by atoms with van der Waals surface area (Å²) in [5.74, 6) is -3.12. The lowest BCUT2D eigenvalue weighted by Gasteiger charge is -2.17. The summed E-state index contributed by atoms with van der Waals surface area (Å²) in [6.45, 7) is 0. The van der Waals surface area contributed by atoms with Gasteiger partial charge in [0.15, 0.2) is 5.65 Å². The Morgan fingerprint density at radius 3 is 2.74 bits per heavy atom. The van der Waals surface area contributed by atoms with Crippen LogP contribution < -0.4 is 5.56 Å².